The number of fused-ring (bicyclic) bond motifs is 2. The molecule has 5 aliphatic carbocycles. The number of carbonyl (C=O) groups is 3. The van der Waals surface area contributed by atoms with Gasteiger partial charge in [0, 0.05) is 30.7 Å². The van der Waals surface area contributed by atoms with Gasteiger partial charge in [0.25, 0.3) is 5.92 Å². The molecule has 1 aliphatic heterocycles. The second-order valence-electron chi connectivity index (χ2n) is 19.3. The number of hydrogen-bond donors (Lipinski definition) is 4. The van der Waals surface area contributed by atoms with Crippen LogP contribution in [-0.2, 0) is 23.9 Å². The third kappa shape index (κ3) is 5.36. The van der Waals surface area contributed by atoms with Crippen LogP contribution in [0.15, 0.2) is 0 Å². The number of likely N-dealkylation sites (N-methyl/N-ethyl adjacent to an activating group) is 1. The summed E-state index contributed by atoms with van der Waals surface area (Å²) >= 11 is 5.75. The number of carbonyl (C=O) groups excluding carboxylic acids is 3. The Morgan fingerprint density at radius 2 is 1.67 bits per heavy atom. The van der Waals surface area contributed by atoms with E-state index in [0.717, 1.165) is 24.2 Å². The monoisotopic (exact) mass is 743 g/mol. The van der Waals surface area contributed by atoms with Gasteiger partial charge in [-0.3, -0.25) is 9.59 Å². The minimum absolute atomic E-state index is 0.00915. The van der Waals surface area contributed by atoms with E-state index in [9.17, 15) is 24.6 Å². The van der Waals surface area contributed by atoms with Crippen molar-refractivity contribution in [2.24, 2.45) is 50.6 Å². The number of nitrogens with two attached hydrogens (primary N) is 1. The highest BCUT2D eigenvalue weighted by molar-refractivity contribution is 6.15. The zero-order chi connectivity index (χ0) is 38.1. The summed E-state index contributed by atoms with van der Waals surface area (Å²) in [5, 5.41) is 22.9. The molecular weight excluding hydrogens is 684 g/mol. The Bertz CT molecular complexity index is 1460. The molecule has 10 nitrogen and oxygen atoms in total. The molecule has 0 aromatic heterocycles. The molecule has 290 valence electrons. The Labute approximate surface area is 306 Å². The van der Waals surface area contributed by atoms with Crippen molar-refractivity contribution in [2.45, 2.75) is 167 Å². The number of halogens is 3. The number of aliphatic hydroxyl groups excluding tert-OH is 1. The Morgan fingerprint density at radius 3 is 2.24 bits per heavy atom. The number of amides is 2. The normalized spacial score (nSPS) is 46.1. The van der Waals surface area contributed by atoms with Crippen LogP contribution in [0.25, 0.3) is 0 Å². The largest absolute Gasteiger partial charge is 0.460 e. The fourth-order valence-electron chi connectivity index (χ4n) is 13.3. The van der Waals surface area contributed by atoms with E-state index in [0.29, 0.717) is 32.1 Å². The third-order valence-corrected chi connectivity index (χ3v) is 16.5. The van der Waals surface area contributed by atoms with Gasteiger partial charge in [-0.1, -0.05) is 27.7 Å². The molecule has 0 radical (unpaired) electrons. The van der Waals surface area contributed by atoms with E-state index in [1.54, 1.807) is 27.7 Å². The number of alkyl halides is 2. The number of ether oxygens (including phenoxy) is 2. The second kappa shape index (κ2) is 11.9. The first kappa shape index (κ1) is 39.1. The van der Waals surface area contributed by atoms with Crippen molar-refractivity contribution in [1.82, 2.24) is 9.74 Å². The maximum absolute atomic E-state index is 16.0. The summed E-state index contributed by atoms with van der Waals surface area (Å²) in [6.07, 6.45) is 2.65. The SMILES string of the molecule is C[C@@H](C(=O)O[C@H]1C[C@@H]2[C@]3(CC[C@]4(C)[C@@H]([C@]5(C)CC[C@@H](C(C)(C)O)O5)[C@@H](O)C[C@@]24C)C[C@@]32CCC(F)(F)C(C)(C)[C@H]12)N(C)C(=O)[C@H](CC(N)=O)NCl. The van der Waals surface area contributed by atoms with Crippen molar-refractivity contribution < 1.29 is 42.9 Å². The molecule has 1 saturated heterocycles. The third-order valence-electron chi connectivity index (χ3n) is 16.2. The van der Waals surface area contributed by atoms with Gasteiger partial charge in [-0.05, 0) is 118 Å². The molecule has 0 aromatic rings. The molecule has 6 aliphatic rings. The lowest BCUT2D eigenvalue weighted by atomic mass is 9.41. The van der Waals surface area contributed by atoms with Gasteiger partial charge >= 0.3 is 5.97 Å². The fourth-order valence-corrected chi connectivity index (χ4v) is 13.5. The van der Waals surface area contributed by atoms with E-state index in [-0.39, 0.29) is 41.6 Å². The molecule has 13 heteroatoms. The van der Waals surface area contributed by atoms with E-state index >= 15 is 8.78 Å². The van der Waals surface area contributed by atoms with Crippen LogP contribution in [0.3, 0.4) is 0 Å². The number of hydrogen-bond acceptors (Lipinski definition) is 8. The van der Waals surface area contributed by atoms with Gasteiger partial charge < -0.3 is 30.3 Å². The standard InChI is InChI=1S/C38H60ClF2N3O7/c1-20(44(9)29(47)21(43-39)16-26(42)46)30(48)50-23-17-24-34(7)18-22(45)27(35(8)11-10-25(51-35)32(4,5)49)33(34,6)12-13-36(24)19-37(36)14-15-38(40,41)31(2,3)28(23)37/h20-25,27-28,43,45,49H,10-19H2,1-9H3,(H2,42,46)/t20-,21-,22-,23-,24-,25-,27-,28-,33+,34-,35-,36-,37+/m0/s1. The Hall–Kier alpha value is -1.60. The van der Waals surface area contributed by atoms with Crippen molar-refractivity contribution in [2.75, 3.05) is 7.05 Å². The number of nitrogens with zero attached hydrogens (tertiary/aromatic N) is 1. The predicted molar refractivity (Wildman–Crippen MR) is 186 cm³/mol. The maximum Gasteiger partial charge on any atom is 0.328 e. The van der Waals surface area contributed by atoms with Crippen LogP contribution in [0.2, 0.25) is 0 Å². The summed E-state index contributed by atoms with van der Waals surface area (Å²) in [4.78, 5) is 42.1. The molecule has 13 atom stereocenters. The highest BCUT2D eigenvalue weighted by Crippen LogP contribution is 2.90. The highest BCUT2D eigenvalue weighted by atomic mass is 35.5. The lowest BCUT2D eigenvalue weighted by Crippen LogP contribution is -2.64. The van der Waals surface area contributed by atoms with Crippen LogP contribution in [0.4, 0.5) is 8.78 Å². The molecule has 2 amide bonds. The summed E-state index contributed by atoms with van der Waals surface area (Å²) in [5.74, 6) is -5.88. The summed E-state index contributed by atoms with van der Waals surface area (Å²) in [6.45, 7) is 14.9. The van der Waals surface area contributed by atoms with E-state index < -0.39 is 81.4 Å². The smallest absolute Gasteiger partial charge is 0.328 e. The predicted octanol–water partition coefficient (Wildman–Crippen LogP) is 5.10. The molecule has 6 fully saturated rings. The van der Waals surface area contributed by atoms with Crippen LogP contribution in [0.1, 0.15) is 120 Å². The van der Waals surface area contributed by atoms with Crippen LogP contribution < -0.4 is 10.6 Å². The summed E-state index contributed by atoms with van der Waals surface area (Å²) < 4.78 is 45.0. The Kier molecular flexibility index (Phi) is 9.16. The highest BCUT2D eigenvalue weighted by Gasteiger charge is 2.86. The van der Waals surface area contributed by atoms with Crippen molar-refractivity contribution in [3.05, 3.63) is 0 Å². The molecule has 2 spiro atoms. The van der Waals surface area contributed by atoms with E-state index in [1.165, 1.54) is 14.0 Å². The topological polar surface area (TPSA) is 151 Å². The molecule has 0 aromatic carbocycles. The molecule has 51 heavy (non-hydrogen) atoms. The average molecular weight is 744 g/mol. The number of primary amides is 1. The first-order valence-corrected chi connectivity index (χ1v) is 19.2. The molecule has 6 rings (SSSR count). The Balaban J connectivity index is 1.34. The minimum Gasteiger partial charge on any atom is -0.460 e. The fraction of sp³-hybridized carbons (Fsp3) is 0.921. The molecule has 5 N–H and O–H groups in total. The number of aliphatic hydroxyl groups is 2. The average Bonchev–Trinajstić information content (AvgIpc) is 3.39. The molecule has 0 bridgehead atoms. The lowest BCUT2D eigenvalue weighted by molar-refractivity contribution is -0.252. The maximum atomic E-state index is 16.0. The molecule has 0 unspecified atom stereocenters. The first-order valence-electron chi connectivity index (χ1n) is 18.9. The van der Waals surface area contributed by atoms with Gasteiger partial charge in [0.1, 0.15) is 18.2 Å². The summed E-state index contributed by atoms with van der Waals surface area (Å²) in [7, 11) is 1.41. The van der Waals surface area contributed by atoms with Crippen molar-refractivity contribution in [3.8, 4) is 0 Å². The van der Waals surface area contributed by atoms with Gasteiger partial charge in [0.15, 0.2) is 0 Å². The van der Waals surface area contributed by atoms with Crippen molar-refractivity contribution in [1.29, 1.82) is 0 Å². The van der Waals surface area contributed by atoms with Gasteiger partial charge in [0.05, 0.1) is 29.8 Å². The van der Waals surface area contributed by atoms with Crippen molar-refractivity contribution >= 4 is 29.6 Å². The first-order chi connectivity index (χ1) is 23.3. The van der Waals surface area contributed by atoms with E-state index in [2.05, 4.69) is 25.6 Å². The van der Waals surface area contributed by atoms with Crippen LogP contribution in [0, 0.1) is 44.8 Å². The quantitative estimate of drug-likeness (QED) is 0.188. The van der Waals surface area contributed by atoms with Crippen molar-refractivity contribution in [3.63, 3.8) is 0 Å². The summed E-state index contributed by atoms with van der Waals surface area (Å²) in [6, 6.07) is -2.25. The number of rotatable bonds is 9. The van der Waals surface area contributed by atoms with Crippen LogP contribution in [0.5, 0.6) is 0 Å². The summed E-state index contributed by atoms with van der Waals surface area (Å²) in [5.41, 5.74) is 0.722. The number of esters is 1. The second-order valence-corrected chi connectivity index (χ2v) is 19.5. The zero-order valence-electron chi connectivity index (χ0n) is 31.8. The van der Waals surface area contributed by atoms with Gasteiger partial charge in [-0.15, -0.1) is 0 Å². The Morgan fingerprint density at radius 1 is 1.04 bits per heavy atom. The lowest BCUT2D eigenvalue weighted by Gasteiger charge is -2.65. The van der Waals surface area contributed by atoms with Gasteiger partial charge in [0.2, 0.25) is 11.8 Å². The molecular formula is C38H60ClF2N3O7. The van der Waals surface area contributed by atoms with Crippen LogP contribution in [-0.4, -0.2) is 87.5 Å². The van der Waals surface area contributed by atoms with E-state index in [1.807, 2.05) is 0 Å². The molecule has 1 heterocycles. The van der Waals surface area contributed by atoms with Crippen LogP contribution >= 0.6 is 11.8 Å². The minimum atomic E-state index is -2.97. The zero-order valence-corrected chi connectivity index (χ0v) is 32.5. The van der Waals surface area contributed by atoms with Gasteiger partial charge in [-0.25, -0.2) is 18.4 Å². The molecule has 5 saturated carbocycles. The van der Waals surface area contributed by atoms with Gasteiger partial charge in [-0.2, -0.15) is 0 Å². The van der Waals surface area contributed by atoms with E-state index in [4.69, 9.17) is 27.0 Å². The number of nitrogens with one attached hydrogen (secondary N) is 1.